The Bertz CT molecular complexity index is 1010. The molecule has 3 nitrogen and oxygen atoms in total. The minimum Gasteiger partial charge on any atom is -0.464 e. The molecule has 0 spiro atoms. The molecular weight excluding hydrogens is 400 g/mol. The highest BCUT2D eigenvalue weighted by Crippen LogP contribution is 2.47. The van der Waals surface area contributed by atoms with Gasteiger partial charge in [-0.3, -0.25) is 0 Å². The van der Waals surface area contributed by atoms with Gasteiger partial charge in [0.25, 0.3) is 0 Å². The number of para-hydroxylation sites is 1. The second kappa shape index (κ2) is 6.54. The average molecular weight is 419 g/mol. The number of aryl methyl sites for hydroxylation is 1. The minimum absolute atomic E-state index is 0.194. The molecule has 0 unspecified atom stereocenters. The number of nitrogens with zero attached hydrogens (tertiary/aromatic N) is 2. The summed E-state index contributed by atoms with van der Waals surface area (Å²) in [6.07, 6.45) is 0.670. The van der Waals surface area contributed by atoms with Crippen LogP contribution in [0.5, 0.6) is 5.75 Å². The highest BCUT2D eigenvalue weighted by molar-refractivity contribution is 9.10. The van der Waals surface area contributed by atoms with Gasteiger partial charge in [0.05, 0.1) is 11.8 Å². The lowest BCUT2D eigenvalue weighted by Crippen LogP contribution is -2.33. The summed E-state index contributed by atoms with van der Waals surface area (Å²) in [4.78, 5) is 0. The first kappa shape index (κ1) is 16.6. The van der Waals surface area contributed by atoms with Crippen molar-refractivity contribution in [1.29, 1.82) is 0 Å². The second-order valence-corrected chi connectivity index (χ2v) is 7.99. The highest BCUT2D eigenvalue weighted by atomic mass is 79.9. The van der Waals surface area contributed by atoms with E-state index >= 15 is 0 Å². The molecule has 0 N–H and O–H groups in total. The van der Waals surface area contributed by atoms with Crippen LogP contribution in [-0.2, 0) is 0 Å². The lowest BCUT2D eigenvalue weighted by molar-refractivity contribution is -0.0190. The fourth-order valence-corrected chi connectivity index (χ4v) is 4.07. The van der Waals surface area contributed by atoms with Gasteiger partial charge in [-0.1, -0.05) is 76.1 Å². The van der Waals surface area contributed by atoms with Crippen LogP contribution < -0.4 is 4.74 Å². The molecule has 2 heterocycles. The summed E-state index contributed by atoms with van der Waals surface area (Å²) in [5.41, 5.74) is 5.84. The lowest BCUT2D eigenvalue weighted by Gasteiger charge is -2.38. The van der Waals surface area contributed by atoms with Crippen LogP contribution in [0.25, 0.3) is 0 Å². The normalized spacial score (nSPS) is 20.5. The number of halogens is 1. The number of ether oxygens (including phenoxy) is 1. The maximum Gasteiger partial charge on any atom is 0.213 e. The standard InChI is InChI=1S/C23H19BrN2O/c1-15-6-8-17(9-7-15)23-26-21(19-4-2-3-5-22(19)27-23)14-20(25-26)16-10-12-18(24)13-11-16/h2-13,21,23H,14H2,1H3/t21-,23-/m1/s1. The summed E-state index contributed by atoms with van der Waals surface area (Å²) < 4.78 is 7.46. The van der Waals surface area contributed by atoms with E-state index in [9.17, 15) is 0 Å². The maximum absolute atomic E-state index is 6.39. The van der Waals surface area contributed by atoms with Gasteiger partial charge in [-0.2, -0.15) is 5.10 Å². The Balaban J connectivity index is 1.58. The Hall–Kier alpha value is -2.59. The first-order valence-corrected chi connectivity index (χ1v) is 9.92. The third-order valence-corrected chi connectivity index (χ3v) is 5.77. The Kier molecular flexibility index (Phi) is 4.01. The van der Waals surface area contributed by atoms with E-state index in [1.807, 2.05) is 6.07 Å². The zero-order chi connectivity index (χ0) is 18.4. The van der Waals surface area contributed by atoms with Crippen molar-refractivity contribution in [2.75, 3.05) is 0 Å². The Morgan fingerprint density at radius 3 is 2.48 bits per heavy atom. The molecule has 0 aliphatic carbocycles. The molecular formula is C23H19BrN2O. The lowest BCUT2D eigenvalue weighted by atomic mass is 9.96. The summed E-state index contributed by atoms with van der Waals surface area (Å²) >= 11 is 3.51. The predicted octanol–water partition coefficient (Wildman–Crippen LogP) is 6.00. The molecule has 2 aliphatic rings. The summed E-state index contributed by atoms with van der Waals surface area (Å²) in [6, 6.07) is 25.4. The van der Waals surface area contributed by atoms with Crippen molar-refractivity contribution < 1.29 is 4.74 Å². The number of hydrazone groups is 1. The molecule has 0 saturated carbocycles. The van der Waals surface area contributed by atoms with E-state index in [4.69, 9.17) is 9.84 Å². The first-order chi connectivity index (χ1) is 13.2. The largest absolute Gasteiger partial charge is 0.464 e. The SMILES string of the molecule is Cc1ccc([C@H]2Oc3ccccc3[C@H]3CC(c4ccc(Br)cc4)=NN32)cc1. The van der Waals surface area contributed by atoms with Gasteiger partial charge in [0.2, 0.25) is 6.23 Å². The summed E-state index contributed by atoms with van der Waals surface area (Å²) in [6.45, 7) is 2.10. The minimum atomic E-state index is -0.210. The fourth-order valence-electron chi connectivity index (χ4n) is 3.80. The summed E-state index contributed by atoms with van der Waals surface area (Å²) in [7, 11) is 0. The number of rotatable bonds is 2. The van der Waals surface area contributed by atoms with Crippen molar-refractivity contribution in [2.45, 2.75) is 25.6 Å². The molecule has 0 radical (unpaired) electrons. The molecule has 3 aromatic rings. The van der Waals surface area contributed by atoms with Crippen molar-refractivity contribution in [3.05, 3.63) is 99.5 Å². The highest BCUT2D eigenvalue weighted by Gasteiger charge is 2.40. The first-order valence-electron chi connectivity index (χ1n) is 9.13. The molecule has 2 aliphatic heterocycles. The van der Waals surface area contributed by atoms with Gasteiger partial charge in [0.1, 0.15) is 5.75 Å². The van der Waals surface area contributed by atoms with Gasteiger partial charge in [0.15, 0.2) is 0 Å². The average Bonchev–Trinajstić information content (AvgIpc) is 3.14. The van der Waals surface area contributed by atoms with Crippen LogP contribution in [0.4, 0.5) is 0 Å². The Morgan fingerprint density at radius 1 is 0.963 bits per heavy atom. The number of benzene rings is 3. The van der Waals surface area contributed by atoms with Crippen molar-refractivity contribution in [1.82, 2.24) is 5.01 Å². The van der Waals surface area contributed by atoms with Crippen LogP contribution in [0.2, 0.25) is 0 Å². The fraction of sp³-hybridized carbons (Fsp3) is 0.174. The van der Waals surface area contributed by atoms with E-state index in [1.54, 1.807) is 0 Å². The maximum atomic E-state index is 6.39. The monoisotopic (exact) mass is 418 g/mol. The van der Waals surface area contributed by atoms with Gasteiger partial charge in [0, 0.05) is 22.0 Å². The smallest absolute Gasteiger partial charge is 0.213 e. The van der Waals surface area contributed by atoms with Crippen molar-refractivity contribution in [2.24, 2.45) is 5.10 Å². The van der Waals surface area contributed by atoms with E-state index in [2.05, 4.69) is 94.6 Å². The van der Waals surface area contributed by atoms with Crippen molar-refractivity contribution >= 4 is 21.6 Å². The molecule has 0 amide bonds. The predicted molar refractivity (Wildman–Crippen MR) is 111 cm³/mol. The molecule has 0 bridgehead atoms. The van der Waals surface area contributed by atoms with E-state index < -0.39 is 0 Å². The molecule has 0 aromatic heterocycles. The van der Waals surface area contributed by atoms with Crippen LogP contribution >= 0.6 is 15.9 Å². The van der Waals surface area contributed by atoms with Crippen LogP contribution in [0.3, 0.4) is 0 Å². The number of hydrogen-bond donors (Lipinski definition) is 0. The van der Waals surface area contributed by atoms with Gasteiger partial charge < -0.3 is 4.74 Å². The molecule has 4 heteroatoms. The molecule has 0 fully saturated rings. The third kappa shape index (κ3) is 2.94. The summed E-state index contributed by atoms with van der Waals surface area (Å²) in [5.74, 6) is 0.955. The van der Waals surface area contributed by atoms with Crippen molar-refractivity contribution in [3.8, 4) is 5.75 Å². The molecule has 3 aromatic carbocycles. The number of hydrogen-bond acceptors (Lipinski definition) is 3. The molecule has 0 saturated heterocycles. The van der Waals surface area contributed by atoms with Crippen LogP contribution in [0, 0.1) is 6.92 Å². The van der Waals surface area contributed by atoms with E-state index in [-0.39, 0.29) is 12.3 Å². The van der Waals surface area contributed by atoms with Crippen LogP contribution in [0.15, 0.2) is 82.4 Å². The Morgan fingerprint density at radius 2 is 1.70 bits per heavy atom. The van der Waals surface area contributed by atoms with Crippen molar-refractivity contribution in [3.63, 3.8) is 0 Å². The van der Waals surface area contributed by atoms with Gasteiger partial charge in [-0.05, 0) is 30.7 Å². The van der Waals surface area contributed by atoms with Gasteiger partial charge >= 0.3 is 0 Å². The summed E-state index contributed by atoms with van der Waals surface area (Å²) in [5, 5.41) is 7.13. The molecule has 5 rings (SSSR count). The van der Waals surface area contributed by atoms with E-state index in [0.29, 0.717) is 0 Å². The third-order valence-electron chi connectivity index (χ3n) is 5.24. The van der Waals surface area contributed by atoms with E-state index in [1.165, 1.54) is 11.1 Å². The zero-order valence-electron chi connectivity index (χ0n) is 15.0. The van der Waals surface area contributed by atoms with Crippen LogP contribution in [0.1, 0.15) is 40.9 Å². The zero-order valence-corrected chi connectivity index (χ0v) is 16.6. The molecule has 134 valence electrons. The molecule has 2 atom stereocenters. The van der Waals surface area contributed by atoms with E-state index in [0.717, 1.165) is 33.5 Å². The molecule has 27 heavy (non-hydrogen) atoms. The van der Waals surface area contributed by atoms with Crippen LogP contribution in [-0.4, -0.2) is 10.7 Å². The Labute approximate surface area is 167 Å². The number of fused-ring (bicyclic) bond motifs is 3. The van der Waals surface area contributed by atoms with Gasteiger partial charge in [-0.15, -0.1) is 0 Å². The topological polar surface area (TPSA) is 24.8 Å². The second-order valence-electron chi connectivity index (χ2n) is 7.07. The van der Waals surface area contributed by atoms with Gasteiger partial charge in [-0.25, -0.2) is 5.01 Å². The quantitative estimate of drug-likeness (QED) is 0.509.